The Morgan fingerprint density at radius 2 is 1.47 bits per heavy atom. The van der Waals surface area contributed by atoms with E-state index in [4.69, 9.17) is 8.95 Å². The van der Waals surface area contributed by atoms with Gasteiger partial charge in [0.1, 0.15) is 17.6 Å². The molecule has 6 nitrogen and oxygen atoms in total. The van der Waals surface area contributed by atoms with Crippen LogP contribution in [0.3, 0.4) is 0 Å². The van der Waals surface area contributed by atoms with Crippen LogP contribution in [0.4, 0.5) is 4.39 Å². The summed E-state index contributed by atoms with van der Waals surface area (Å²) in [7, 11) is -5.43. The lowest BCUT2D eigenvalue weighted by Crippen LogP contribution is -2.68. The molecule has 1 aromatic heterocycles. The Balaban J connectivity index is 1.43. The summed E-state index contributed by atoms with van der Waals surface area (Å²) in [5.41, 5.74) is 3.48. The first-order chi connectivity index (χ1) is 23.4. The van der Waals surface area contributed by atoms with Crippen molar-refractivity contribution >= 4 is 43.6 Å². The molecule has 0 saturated heterocycles. The van der Waals surface area contributed by atoms with Crippen molar-refractivity contribution in [3.05, 3.63) is 121 Å². The standard InChI is InChI=1S/C40H41FNO5PSi/c1-29(2)42-36-20-13-12-19-35(36)39(30-22-24-31(41)25-23-30)37(42)21-14-26-46-48(45)28-32(27-38(43)44)47-49(40(3,4)5,33-15-8-6-9-16-33)34-17-10-7-11-18-34/h6-13,15-20,22-25,29,32H,26-28H2,1-5H3/p+1. The fourth-order valence-electron chi connectivity index (χ4n) is 6.55. The average Bonchev–Trinajstić information content (AvgIpc) is 3.40. The highest BCUT2D eigenvalue weighted by atomic mass is 31.1. The van der Waals surface area contributed by atoms with E-state index < -0.39 is 28.4 Å². The zero-order valence-electron chi connectivity index (χ0n) is 28.5. The van der Waals surface area contributed by atoms with Crippen LogP contribution in [0.25, 0.3) is 22.0 Å². The van der Waals surface area contributed by atoms with Crippen LogP contribution < -0.4 is 10.4 Å². The highest BCUT2D eigenvalue weighted by Gasteiger charge is 2.52. The summed E-state index contributed by atoms with van der Waals surface area (Å²) in [6, 6.07) is 34.3. The minimum Gasteiger partial charge on any atom is -0.481 e. The normalized spacial score (nSPS) is 12.8. The molecule has 2 atom stereocenters. The molecule has 0 spiro atoms. The first-order valence-corrected chi connectivity index (χ1v) is 19.7. The molecule has 0 aliphatic heterocycles. The van der Waals surface area contributed by atoms with Gasteiger partial charge in [0.15, 0.2) is 6.61 Å². The van der Waals surface area contributed by atoms with E-state index in [1.165, 1.54) is 12.1 Å². The number of aromatic nitrogens is 1. The molecule has 0 bridgehead atoms. The maximum Gasteiger partial charge on any atom is 0.511 e. The van der Waals surface area contributed by atoms with Gasteiger partial charge in [-0.2, -0.15) is 0 Å². The number of halogens is 1. The lowest BCUT2D eigenvalue weighted by atomic mass is 10.0. The number of carboxylic acids is 1. The lowest BCUT2D eigenvalue weighted by molar-refractivity contribution is -0.138. The average molecular weight is 695 g/mol. The second-order valence-corrected chi connectivity index (χ2v) is 18.8. The maximum atomic E-state index is 13.8. The van der Waals surface area contributed by atoms with E-state index in [9.17, 15) is 18.9 Å². The first kappa shape index (κ1) is 35.9. The van der Waals surface area contributed by atoms with E-state index in [0.29, 0.717) is 0 Å². The molecular formula is C40H42FNO5PSi+. The lowest BCUT2D eigenvalue weighted by Gasteiger charge is -2.44. The molecule has 0 saturated carbocycles. The second kappa shape index (κ2) is 15.4. The van der Waals surface area contributed by atoms with Gasteiger partial charge in [-0.3, -0.25) is 4.79 Å². The molecule has 5 rings (SSSR count). The number of hydrogen-bond donors (Lipinski definition) is 1. The van der Waals surface area contributed by atoms with Crippen molar-refractivity contribution in [2.45, 2.75) is 58.2 Å². The van der Waals surface area contributed by atoms with E-state index in [1.807, 2.05) is 84.9 Å². The number of para-hydroxylation sites is 1. The third-order valence-corrected chi connectivity index (χ3v) is 14.8. The molecule has 9 heteroatoms. The van der Waals surface area contributed by atoms with E-state index in [-0.39, 0.29) is 36.1 Å². The quantitative estimate of drug-likeness (QED) is 0.0805. The van der Waals surface area contributed by atoms with Gasteiger partial charge < -0.3 is 14.1 Å². The topological polar surface area (TPSA) is 77.8 Å². The number of benzene rings is 4. The first-order valence-electron chi connectivity index (χ1n) is 16.4. The van der Waals surface area contributed by atoms with Crippen molar-refractivity contribution in [2.75, 3.05) is 12.8 Å². The smallest absolute Gasteiger partial charge is 0.481 e. The predicted octanol–water partition coefficient (Wildman–Crippen LogP) is 8.56. The van der Waals surface area contributed by atoms with E-state index >= 15 is 0 Å². The number of carbonyl (C=O) groups is 1. The highest BCUT2D eigenvalue weighted by molar-refractivity contribution is 7.39. The van der Waals surface area contributed by atoms with Crippen LogP contribution in [0.2, 0.25) is 5.04 Å². The van der Waals surface area contributed by atoms with E-state index in [2.05, 4.69) is 51.0 Å². The predicted molar refractivity (Wildman–Crippen MR) is 198 cm³/mol. The van der Waals surface area contributed by atoms with Gasteiger partial charge in [0.2, 0.25) is 6.16 Å². The molecule has 4 aromatic carbocycles. The zero-order valence-corrected chi connectivity index (χ0v) is 30.4. The molecule has 1 heterocycles. The van der Waals surface area contributed by atoms with Crippen LogP contribution in [-0.2, 0) is 18.3 Å². The fourth-order valence-corrected chi connectivity index (χ4v) is 12.2. The van der Waals surface area contributed by atoms with Gasteiger partial charge in [-0.1, -0.05) is 118 Å². The van der Waals surface area contributed by atoms with Crippen molar-refractivity contribution in [3.63, 3.8) is 0 Å². The van der Waals surface area contributed by atoms with Crippen LogP contribution in [0.1, 0.15) is 52.8 Å². The summed E-state index contributed by atoms with van der Waals surface area (Å²) in [6.07, 6.45) is -1.29. The maximum absolute atomic E-state index is 13.8. The molecule has 0 radical (unpaired) electrons. The van der Waals surface area contributed by atoms with Crippen molar-refractivity contribution in [3.8, 4) is 23.0 Å². The number of aliphatic carboxylic acids is 1. The molecule has 0 fully saturated rings. The minimum absolute atomic E-state index is 0.0800. The molecule has 252 valence electrons. The molecular weight excluding hydrogens is 653 g/mol. The van der Waals surface area contributed by atoms with Crippen molar-refractivity contribution < 1.29 is 27.8 Å². The Labute approximate surface area is 289 Å². The van der Waals surface area contributed by atoms with Crippen LogP contribution in [-0.4, -0.2) is 42.8 Å². The number of carboxylic acid groups (broad SMARTS) is 1. The summed E-state index contributed by atoms with van der Waals surface area (Å²) in [4.78, 5) is 12.1. The summed E-state index contributed by atoms with van der Waals surface area (Å²) in [5, 5.41) is 12.5. The van der Waals surface area contributed by atoms with Crippen LogP contribution in [0.5, 0.6) is 0 Å². The van der Waals surface area contributed by atoms with E-state index in [0.717, 1.165) is 38.1 Å². The van der Waals surface area contributed by atoms with Crippen LogP contribution >= 0.6 is 8.03 Å². The second-order valence-electron chi connectivity index (χ2n) is 13.3. The van der Waals surface area contributed by atoms with Crippen LogP contribution in [0.15, 0.2) is 109 Å². The highest BCUT2D eigenvalue weighted by Crippen LogP contribution is 2.40. The van der Waals surface area contributed by atoms with Crippen molar-refractivity contribution in [1.82, 2.24) is 4.57 Å². The summed E-state index contributed by atoms with van der Waals surface area (Å²) >= 11 is 0. The fraction of sp³-hybridized carbons (Fsp3) is 0.275. The summed E-state index contributed by atoms with van der Waals surface area (Å²) in [6.45, 7) is 10.4. The molecule has 0 amide bonds. The van der Waals surface area contributed by atoms with Crippen LogP contribution in [0, 0.1) is 17.7 Å². The summed E-state index contributed by atoms with van der Waals surface area (Å²) in [5.74, 6) is 4.95. The van der Waals surface area contributed by atoms with E-state index in [1.54, 1.807) is 12.1 Å². The SMILES string of the molecule is CC(C)n1c(C#CCO[P+](=O)CC(CC(=O)O)O[Si](c2ccccc2)(c2ccccc2)C(C)(C)C)c(-c2ccc(F)cc2)c2ccccc21. The zero-order chi connectivity index (χ0) is 35.2. The Morgan fingerprint density at radius 3 is 2.02 bits per heavy atom. The van der Waals surface area contributed by atoms with Gasteiger partial charge in [-0.05, 0) is 63.5 Å². The summed E-state index contributed by atoms with van der Waals surface area (Å²) < 4.78 is 42.2. The number of rotatable bonds is 12. The molecule has 0 aliphatic rings. The number of nitrogens with zero attached hydrogens (tertiary/aromatic N) is 1. The minimum atomic E-state index is -3.11. The van der Waals surface area contributed by atoms with Gasteiger partial charge >= 0.3 is 14.0 Å². The largest absolute Gasteiger partial charge is 0.511 e. The number of hydrogen-bond acceptors (Lipinski definition) is 4. The molecule has 0 aliphatic carbocycles. The van der Waals surface area contributed by atoms with Gasteiger partial charge in [-0.15, -0.1) is 4.52 Å². The Hall–Kier alpha value is -4.38. The van der Waals surface area contributed by atoms with Crippen molar-refractivity contribution in [1.29, 1.82) is 0 Å². The Bertz CT molecular complexity index is 1940. The molecule has 2 unspecified atom stereocenters. The molecule has 49 heavy (non-hydrogen) atoms. The number of fused-ring (bicyclic) bond motifs is 1. The van der Waals surface area contributed by atoms with Gasteiger partial charge in [-0.25, -0.2) is 4.39 Å². The molecule has 1 N–H and O–H groups in total. The van der Waals surface area contributed by atoms with Gasteiger partial charge in [0.05, 0.1) is 6.42 Å². The van der Waals surface area contributed by atoms with Gasteiger partial charge in [0, 0.05) is 22.5 Å². The Kier molecular flexibility index (Phi) is 11.3. The third kappa shape index (κ3) is 7.93. The Morgan fingerprint density at radius 1 is 0.898 bits per heavy atom. The van der Waals surface area contributed by atoms with Gasteiger partial charge in [0.25, 0.3) is 8.32 Å². The third-order valence-electron chi connectivity index (χ3n) is 8.56. The monoisotopic (exact) mass is 694 g/mol. The van der Waals surface area contributed by atoms with Crippen molar-refractivity contribution in [2.24, 2.45) is 0 Å². The molecule has 5 aromatic rings.